The lowest BCUT2D eigenvalue weighted by atomic mass is 10.0. The molecule has 30 heavy (non-hydrogen) atoms. The average Bonchev–Trinajstić information content (AvgIpc) is 2.75. The van der Waals surface area contributed by atoms with Crippen LogP contribution in [0.1, 0.15) is 168 Å². The maximum Gasteiger partial charge on any atom is 0.305 e. The van der Waals surface area contributed by atoms with Gasteiger partial charge in [-0.2, -0.15) is 0 Å². The number of hydrogen-bond acceptors (Lipinski definition) is 2. The highest BCUT2D eigenvalue weighted by Gasteiger charge is 2.01. The quantitative estimate of drug-likeness (QED) is 0.108. The second kappa shape index (κ2) is 26.5. The smallest absolute Gasteiger partial charge is 0.305 e. The number of unbranched alkanes of at least 4 members (excludes halogenated alkanes) is 21. The van der Waals surface area contributed by atoms with Crippen LogP contribution >= 0.6 is 0 Å². The van der Waals surface area contributed by atoms with Crippen molar-refractivity contribution in [2.75, 3.05) is 6.61 Å². The third kappa shape index (κ3) is 25.5. The van der Waals surface area contributed by atoms with Crippen molar-refractivity contribution < 1.29 is 9.53 Å². The second-order valence-electron chi connectivity index (χ2n) is 9.40. The summed E-state index contributed by atoms with van der Waals surface area (Å²) in [6.45, 7) is 4.91. The molecule has 0 aliphatic heterocycles. The lowest BCUT2D eigenvalue weighted by molar-refractivity contribution is -0.143. The molecule has 0 saturated heterocycles. The summed E-state index contributed by atoms with van der Waals surface area (Å²) in [6, 6.07) is 0. The molecule has 0 rings (SSSR count). The van der Waals surface area contributed by atoms with Crippen LogP contribution in [0.4, 0.5) is 0 Å². The van der Waals surface area contributed by atoms with E-state index < -0.39 is 0 Å². The summed E-state index contributed by atoms with van der Waals surface area (Å²) in [5.41, 5.74) is 0. The molecule has 0 bridgehead atoms. The van der Waals surface area contributed by atoms with E-state index in [0.717, 1.165) is 12.8 Å². The fourth-order valence-electron chi connectivity index (χ4n) is 4.17. The Kier molecular flexibility index (Phi) is 26.0. The first-order chi connectivity index (χ1) is 14.8. The molecule has 0 spiro atoms. The van der Waals surface area contributed by atoms with Crippen molar-refractivity contribution in [3.05, 3.63) is 0 Å². The van der Waals surface area contributed by atoms with Gasteiger partial charge in [-0.25, -0.2) is 0 Å². The number of carbonyl (C=O) groups is 1. The Bertz CT molecular complexity index is 327. The third-order valence-corrected chi connectivity index (χ3v) is 6.20. The molecule has 0 saturated carbocycles. The fourth-order valence-corrected chi connectivity index (χ4v) is 4.17. The van der Waals surface area contributed by atoms with E-state index in [9.17, 15) is 4.79 Å². The first-order valence-electron chi connectivity index (χ1n) is 14.0. The van der Waals surface area contributed by atoms with E-state index in [0.29, 0.717) is 13.0 Å². The molecular formula is C28H56O2. The number of carbonyl (C=O) groups excluding carboxylic acids is 1. The first kappa shape index (κ1) is 29.5. The summed E-state index contributed by atoms with van der Waals surface area (Å²) in [6.07, 6.45) is 32.3. The molecule has 2 nitrogen and oxygen atoms in total. The summed E-state index contributed by atoms with van der Waals surface area (Å²) in [4.78, 5) is 11.4. The van der Waals surface area contributed by atoms with Gasteiger partial charge in [-0.1, -0.05) is 149 Å². The zero-order chi connectivity index (χ0) is 22.0. The molecular weight excluding hydrogens is 368 g/mol. The molecule has 0 unspecified atom stereocenters. The van der Waals surface area contributed by atoms with Crippen molar-refractivity contribution in [3.8, 4) is 0 Å². The van der Waals surface area contributed by atoms with E-state index in [4.69, 9.17) is 4.74 Å². The molecule has 0 aliphatic carbocycles. The van der Waals surface area contributed by atoms with Gasteiger partial charge in [0.2, 0.25) is 0 Å². The predicted molar refractivity (Wildman–Crippen MR) is 133 cm³/mol. The fraction of sp³-hybridized carbons (Fsp3) is 0.964. The minimum Gasteiger partial charge on any atom is -0.466 e. The largest absolute Gasteiger partial charge is 0.466 e. The van der Waals surface area contributed by atoms with Gasteiger partial charge in [-0.15, -0.1) is 0 Å². The minimum atomic E-state index is -0.00924. The molecule has 0 aromatic rings. The van der Waals surface area contributed by atoms with E-state index in [1.54, 1.807) is 0 Å². The Balaban J connectivity index is 3.04. The van der Waals surface area contributed by atoms with Crippen LogP contribution in [-0.4, -0.2) is 12.6 Å². The van der Waals surface area contributed by atoms with Crippen LogP contribution in [0.2, 0.25) is 0 Å². The average molecular weight is 425 g/mol. The van der Waals surface area contributed by atoms with Crippen molar-refractivity contribution >= 4 is 5.97 Å². The zero-order valence-electron chi connectivity index (χ0n) is 21.0. The van der Waals surface area contributed by atoms with Crippen molar-refractivity contribution in [2.24, 2.45) is 0 Å². The molecule has 0 atom stereocenters. The van der Waals surface area contributed by atoms with Crippen LogP contribution < -0.4 is 0 Å². The highest BCUT2D eigenvalue weighted by Crippen LogP contribution is 2.15. The summed E-state index contributed by atoms with van der Waals surface area (Å²) in [5, 5.41) is 0. The van der Waals surface area contributed by atoms with E-state index in [2.05, 4.69) is 6.92 Å². The van der Waals surface area contributed by atoms with Crippen LogP contribution in [0, 0.1) is 0 Å². The van der Waals surface area contributed by atoms with E-state index in [1.165, 1.54) is 135 Å². The third-order valence-electron chi connectivity index (χ3n) is 6.20. The monoisotopic (exact) mass is 424 g/mol. The Labute approximate surface area is 190 Å². The van der Waals surface area contributed by atoms with Gasteiger partial charge in [-0.3, -0.25) is 4.79 Å². The summed E-state index contributed by atoms with van der Waals surface area (Å²) in [5.74, 6) is -0.00924. The normalized spacial score (nSPS) is 11.1. The molecule has 0 aliphatic rings. The van der Waals surface area contributed by atoms with Gasteiger partial charge >= 0.3 is 5.97 Å². The van der Waals surface area contributed by atoms with Gasteiger partial charge < -0.3 is 4.74 Å². The van der Waals surface area contributed by atoms with Gasteiger partial charge in [0.15, 0.2) is 0 Å². The lowest BCUT2D eigenvalue weighted by Crippen LogP contribution is -2.04. The summed E-state index contributed by atoms with van der Waals surface area (Å²) >= 11 is 0. The van der Waals surface area contributed by atoms with E-state index in [1.807, 2.05) is 6.92 Å². The highest BCUT2D eigenvalue weighted by molar-refractivity contribution is 5.69. The molecule has 0 heterocycles. The highest BCUT2D eigenvalue weighted by atomic mass is 16.5. The Morgan fingerprint density at radius 2 is 0.733 bits per heavy atom. The van der Waals surface area contributed by atoms with Crippen LogP contribution in [0.5, 0.6) is 0 Å². The molecule has 0 N–H and O–H groups in total. The molecule has 0 fully saturated rings. The van der Waals surface area contributed by atoms with E-state index >= 15 is 0 Å². The second-order valence-corrected chi connectivity index (χ2v) is 9.40. The molecule has 0 aromatic heterocycles. The topological polar surface area (TPSA) is 26.3 Å². The molecule has 0 radical (unpaired) electrons. The van der Waals surface area contributed by atoms with Crippen LogP contribution in [0.15, 0.2) is 0 Å². The lowest BCUT2D eigenvalue weighted by Gasteiger charge is -2.04. The number of rotatable bonds is 25. The SMILES string of the molecule is CCCCCCCCCCCCCCCCCCCCCCCCC(=O)OCCC. The minimum absolute atomic E-state index is 0.00924. The molecule has 0 amide bonds. The van der Waals surface area contributed by atoms with Crippen molar-refractivity contribution in [2.45, 2.75) is 168 Å². The van der Waals surface area contributed by atoms with E-state index in [-0.39, 0.29) is 5.97 Å². The van der Waals surface area contributed by atoms with Gasteiger partial charge in [0.25, 0.3) is 0 Å². The first-order valence-corrected chi connectivity index (χ1v) is 14.0. The van der Waals surface area contributed by atoms with Crippen molar-refractivity contribution in [1.29, 1.82) is 0 Å². The van der Waals surface area contributed by atoms with Gasteiger partial charge in [-0.05, 0) is 12.8 Å². The zero-order valence-corrected chi connectivity index (χ0v) is 21.0. The molecule has 180 valence electrons. The molecule has 2 heteroatoms. The Morgan fingerprint density at radius 1 is 0.433 bits per heavy atom. The Morgan fingerprint density at radius 3 is 1.03 bits per heavy atom. The van der Waals surface area contributed by atoms with Gasteiger partial charge in [0.05, 0.1) is 6.61 Å². The molecule has 0 aromatic carbocycles. The predicted octanol–water partition coefficient (Wildman–Crippen LogP) is 9.93. The van der Waals surface area contributed by atoms with Crippen LogP contribution in [-0.2, 0) is 9.53 Å². The number of ether oxygens (including phenoxy) is 1. The van der Waals surface area contributed by atoms with Crippen molar-refractivity contribution in [1.82, 2.24) is 0 Å². The van der Waals surface area contributed by atoms with Crippen LogP contribution in [0.3, 0.4) is 0 Å². The van der Waals surface area contributed by atoms with Gasteiger partial charge in [0.1, 0.15) is 0 Å². The number of hydrogen-bond donors (Lipinski definition) is 0. The summed E-state index contributed by atoms with van der Waals surface area (Å²) in [7, 11) is 0. The summed E-state index contributed by atoms with van der Waals surface area (Å²) < 4.78 is 5.10. The number of esters is 1. The van der Waals surface area contributed by atoms with Gasteiger partial charge in [0, 0.05) is 6.42 Å². The maximum absolute atomic E-state index is 11.4. The van der Waals surface area contributed by atoms with Crippen molar-refractivity contribution in [3.63, 3.8) is 0 Å². The van der Waals surface area contributed by atoms with Crippen LogP contribution in [0.25, 0.3) is 0 Å². The standard InChI is InChI=1S/C28H56O2/c1-3-5-6-7-8-9-10-11-12-13-14-15-16-17-18-19-20-21-22-23-24-25-26-28(29)30-27-4-2/h3-27H2,1-2H3. The Hall–Kier alpha value is -0.530. The maximum atomic E-state index is 11.4.